The van der Waals surface area contributed by atoms with Gasteiger partial charge in [0.05, 0.1) is 12.5 Å². The van der Waals surface area contributed by atoms with Crippen LogP contribution in [0.5, 0.6) is 0 Å². The third-order valence-corrected chi connectivity index (χ3v) is 4.56. The first-order valence-electron chi connectivity index (χ1n) is 6.29. The molecule has 0 spiro atoms. The lowest BCUT2D eigenvalue weighted by molar-refractivity contribution is 0.472. The molecule has 0 radical (unpaired) electrons. The van der Waals surface area contributed by atoms with Crippen molar-refractivity contribution in [2.75, 3.05) is 12.3 Å². The third-order valence-electron chi connectivity index (χ3n) is 3.10. The number of nitrogens with one attached hydrogen (secondary N) is 1. The second-order valence-electron chi connectivity index (χ2n) is 4.39. The Labute approximate surface area is 102 Å². The van der Waals surface area contributed by atoms with Crippen LogP contribution in [0.2, 0.25) is 0 Å². The Morgan fingerprint density at radius 3 is 3.12 bits per heavy atom. The van der Waals surface area contributed by atoms with Crippen LogP contribution in [-0.4, -0.2) is 17.5 Å². The largest absolute Gasteiger partial charge is 0.472 e. The Morgan fingerprint density at radius 2 is 2.50 bits per heavy atom. The van der Waals surface area contributed by atoms with Crippen molar-refractivity contribution >= 4 is 11.8 Å². The van der Waals surface area contributed by atoms with E-state index in [2.05, 4.69) is 30.1 Å². The number of hydrogen-bond acceptors (Lipinski definition) is 3. The van der Waals surface area contributed by atoms with Gasteiger partial charge in [-0.25, -0.2) is 0 Å². The molecule has 0 saturated carbocycles. The molecular weight excluding hydrogens is 218 g/mol. The molecule has 1 aliphatic rings. The van der Waals surface area contributed by atoms with Crippen molar-refractivity contribution in [1.29, 1.82) is 0 Å². The van der Waals surface area contributed by atoms with Crippen LogP contribution in [0.25, 0.3) is 0 Å². The maximum Gasteiger partial charge on any atom is 0.0950 e. The van der Waals surface area contributed by atoms with Crippen molar-refractivity contribution in [2.45, 2.75) is 43.9 Å². The summed E-state index contributed by atoms with van der Waals surface area (Å²) in [7, 11) is 0. The van der Waals surface area contributed by atoms with Gasteiger partial charge in [0, 0.05) is 16.9 Å². The van der Waals surface area contributed by atoms with Crippen LogP contribution in [0.15, 0.2) is 23.0 Å². The van der Waals surface area contributed by atoms with Crippen molar-refractivity contribution < 1.29 is 4.42 Å². The SMILES string of the molecule is CCCNC(c1ccoc1)C1CCCCS1. The molecule has 0 aliphatic carbocycles. The molecule has 0 aromatic carbocycles. The summed E-state index contributed by atoms with van der Waals surface area (Å²) < 4.78 is 5.22. The van der Waals surface area contributed by atoms with E-state index in [9.17, 15) is 0 Å². The van der Waals surface area contributed by atoms with Gasteiger partial charge in [-0.15, -0.1) is 0 Å². The highest BCUT2D eigenvalue weighted by Gasteiger charge is 2.25. The molecule has 3 heteroatoms. The first kappa shape index (κ1) is 12.1. The van der Waals surface area contributed by atoms with Crippen molar-refractivity contribution in [1.82, 2.24) is 5.32 Å². The lowest BCUT2D eigenvalue weighted by atomic mass is 10.0. The molecule has 1 fully saturated rings. The molecule has 0 bridgehead atoms. The molecule has 90 valence electrons. The number of furan rings is 1. The van der Waals surface area contributed by atoms with E-state index >= 15 is 0 Å². The quantitative estimate of drug-likeness (QED) is 0.850. The molecule has 1 saturated heterocycles. The molecule has 1 aromatic heterocycles. The second kappa shape index (κ2) is 6.36. The van der Waals surface area contributed by atoms with Crippen molar-refractivity contribution in [2.24, 2.45) is 0 Å². The van der Waals surface area contributed by atoms with E-state index in [-0.39, 0.29) is 0 Å². The molecule has 2 atom stereocenters. The molecule has 1 aromatic rings. The van der Waals surface area contributed by atoms with Gasteiger partial charge in [0.1, 0.15) is 0 Å². The van der Waals surface area contributed by atoms with Crippen LogP contribution < -0.4 is 5.32 Å². The zero-order valence-corrected chi connectivity index (χ0v) is 10.8. The molecule has 2 unspecified atom stereocenters. The van der Waals surface area contributed by atoms with Crippen LogP contribution in [-0.2, 0) is 0 Å². The molecule has 1 N–H and O–H groups in total. The first-order valence-corrected chi connectivity index (χ1v) is 7.33. The minimum Gasteiger partial charge on any atom is -0.472 e. The topological polar surface area (TPSA) is 25.2 Å². The summed E-state index contributed by atoms with van der Waals surface area (Å²) in [6.45, 7) is 3.31. The predicted octanol–water partition coefficient (Wildman–Crippen LogP) is 3.61. The van der Waals surface area contributed by atoms with Gasteiger partial charge >= 0.3 is 0 Å². The minimum absolute atomic E-state index is 0.476. The fraction of sp³-hybridized carbons (Fsp3) is 0.692. The molecule has 16 heavy (non-hydrogen) atoms. The highest BCUT2D eigenvalue weighted by Crippen LogP contribution is 2.34. The van der Waals surface area contributed by atoms with E-state index in [1.54, 1.807) is 6.26 Å². The third kappa shape index (κ3) is 3.05. The molecule has 0 amide bonds. The van der Waals surface area contributed by atoms with Crippen molar-refractivity contribution in [3.63, 3.8) is 0 Å². The van der Waals surface area contributed by atoms with Gasteiger partial charge in [-0.05, 0) is 37.6 Å². The highest BCUT2D eigenvalue weighted by atomic mass is 32.2. The average Bonchev–Trinajstić information content (AvgIpc) is 2.85. The summed E-state index contributed by atoms with van der Waals surface area (Å²) >= 11 is 2.12. The average molecular weight is 239 g/mol. The summed E-state index contributed by atoms with van der Waals surface area (Å²) in [6.07, 6.45) is 8.95. The molecule has 2 rings (SSSR count). The Balaban J connectivity index is 2.01. The van der Waals surface area contributed by atoms with E-state index in [1.165, 1.54) is 37.0 Å². The predicted molar refractivity (Wildman–Crippen MR) is 69.8 cm³/mol. The lowest BCUT2D eigenvalue weighted by Crippen LogP contribution is -2.32. The van der Waals surface area contributed by atoms with Gasteiger partial charge in [0.25, 0.3) is 0 Å². The summed E-state index contributed by atoms with van der Waals surface area (Å²) in [4.78, 5) is 0. The fourth-order valence-corrected chi connectivity index (χ4v) is 3.70. The van der Waals surface area contributed by atoms with Crippen LogP contribution in [0, 0.1) is 0 Å². The second-order valence-corrected chi connectivity index (χ2v) is 5.74. The van der Waals surface area contributed by atoms with E-state index in [0.717, 1.165) is 11.8 Å². The standard InChI is InChI=1S/C13H21NOS/c1-2-7-14-13(11-6-8-15-10-11)12-5-3-4-9-16-12/h6,8,10,12-14H,2-5,7,9H2,1H3. The summed E-state index contributed by atoms with van der Waals surface area (Å²) in [5.74, 6) is 1.31. The molecule has 1 aliphatic heterocycles. The van der Waals surface area contributed by atoms with Crippen LogP contribution in [0.4, 0.5) is 0 Å². The van der Waals surface area contributed by atoms with E-state index in [1.807, 2.05) is 6.26 Å². The normalized spacial score (nSPS) is 23.2. The van der Waals surface area contributed by atoms with Crippen LogP contribution in [0.1, 0.15) is 44.2 Å². The van der Waals surface area contributed by atoms with Gasteiger partial charge in [-0.2, -0.15) is 11.8 Å². The first-order chi connectivity index (χ1) is 7.92. The Morgan fingerprint density at radius 1 is 1.56 bits per heavy atom. The maximum absolute atomic E-state index is 5.22. The van der Waals surface area contributed by atoms with Gasteiger partial charge < -0.3 is 9.73 Å². The minimum atomic E-state index is 0.476. The molecular formula is C13H21NOS. The summed E-state index contributed by atoms with van der Waals surface area (Å²) in [5, 5.41) is 4.38. The number of rotatable bonds is 5. The van der Waals surface area contributed by atoms with Gasteiger partial charge in [-0.1, -0.05) is 13.3 Å². The zero-order valence-electron chi connectivity index (χ0n) is 9.95. The lowest BCUT2D eigenvalue weighted by Gasteiger charge is -2.30. The van der Waals surface area contributed by atoms with Gasteiger partial charge in [-0.3, -0.25) is 0 Å². The molecule has 2 heterocycles. The van der Waals surface area contributed by atoms with E-state index in [0.29, 0.717) is 6.04 Å². The molecule has 2 nitrogen and oxygen atoms in total. The summed E-state index contributed by atoms with van der Waals surface area (Å²) in [5.41, 5.74) is 1.31. The maximum atomic E-state index is 5.22. The Kier molecular flexibility index (Phi) is 4.79. The van der Waals surface area contributed by atoms with Crippen molar-refractivity contribution in [3.05, 3.63) is 24.2 Å². The van der Waals surface area contributed by atoms with Gasteiger partial charge in [0.2, 0.25) is 0 Å². The smallest absolute Gasteiger partial charge is 0.0950 e. The highest BCUT2D eigenvalue weighted by molar-refractivity contribution is 8.00. The Hall–Kier alpha value is -0.410. The van der Waals surface area contributed by atoms with E-state index in [4.69, 9.17) is 4.42 Å². The van der Waals surface area contributed by atoms with Crippen molar-refractivity contribution in [3.8, 4) is 0 Å². The fourth-order valence-electron chi connectivity index (χ4n) is 2.24. The van der Waals surface area contributed by atoms with Crippen LogP contribution in [0.3, 0.4) is 0 Å². The van der Waals surface area contributed by atoms with Crippen LogP contribution >= 0.6 is 11.8 Å². The Bertz CT molecular complexity index is 280. The van der Waals surface area contributed by atoms with E-state index < -0.39 is 0 Å². The monoisotopic (exact) mass is 239 g/mol. The zero-order chi connectivity index (χ0) is 11.2. The summed E-state index contributed by atoms with van der Waals surface area (Å²) in [6, 6.07) is 2.58. The number of thioether (sulfide) groups is 1. The number of hydrogen-bond donors (Lipinski definition) is 1. The van der Waals surface area contributed by atoms with Gasteiger partial charge in [0.15, 0.2) is 0 Å².